The van der Waals surface area contributed by atoms with Gasteiger partial charge in [0, 0.05) is 32.3 Å². The quantitative estimate of drug-likeness (QED) is 0.868. The number of benzene rings is 1. The minimum absolute atomic E-state index is 0.0653. The zero-order valence-electron chi connectivity index (χ0n) is 10.1. The van der Waals surface area contributed by atoms with Crippen molar-refractivity contribution in [2.45, 2.75) is 0 Å². The Hall–Kier alpha value is -2.02. The van der Waals surface area contributed by atoms with Gasteiger partial charge in [-0.25, -0.2) is 8.78 Å². The molecule has 0 N–H and O–H groups in total. The van der Waals surface area contributed by atoms with Crippen LogP contribution in [0.4, 0.5) is 14.7 Å². The molecule has 1 heterocycles. The van der Waals surface area contributed by atoms with Crippen LogP contribution in [0.2, 0.25) is 5.28 Å². The van der Waals surface area contributed by atoms with E-state index in [1.807, 2.05) is 0 Å². The van der Waals surface area contributed by atoms with Crippen LogP contribution in [0.3, 0.4) is 0 Å². The zero-order valence-corrected chi connectivity index (χ0v) is 10.8. The second-order valence-corrected chi connectivity index (χ2v) is 4.13. The highest BCUT2D eigenvalue weighted by molar-refractivity contribution is 6.28. The summed E-state index contributed by atoms with van der Waals surface area (Å²) in [6.07, 6.45) is 0. The van der Waals surface area contributed by atoms with Gasteiger partial charge in [-0.3, -0.25) is 0 Å². The summed E-state index contributed by atoms with van der Waals surface area (Å²) in [7, 11) is 3.41. The van der Waals surface area contributed by atoms with Crippen molar-refractivity contribution in [2.75, 3.05) is 19.0 Å². The molecule has 0 aliphatic carbocycles. The number of anilines is 1. The Labute approximate surface area is 112 Å². The van der Waals surface area contributed by atoms with Crippen molar-refractivity contribution in [2.24, 2.45) is 0 Å². The highest BCUT2D eigenvalue weighted by Gasteiger charge is 2.10. The van der Waals surface area contributed by atoms with Crippen LogP contribution in [-0.4, -0.2) is 29.0 Å². The number of halogens is 3. The molecule has 0 aliphatic heterocycles. The summed E-state index contributed by atoms with van der Waals surface area (Å²) in [5, 5.41) is -0.0782. The third kappa shape index (κ3) is 3.47. The highest BCUT2D eigenvalue weighted by Crippen LogP contribution is 2.22. The van der Waals surface area contributed by atoms with E-state index in [1.54, 1.807) is 19.0 Å². The van der Waals surface area contributed by atoms with Crippen molar-refractivity contribution < 1.29 is 13.5 Å². The minimum Gasteiger partial charge on any atom is -0.424 e. The zero-order chi connectivity index (χ0) is 14.0. The normalized spacial score (nSPS) is 10.4. The van der Waals surface area contributed by atoms with E-state index in [9.17, 15) is 8.78 Å². The first-order chi connectivity index (χ1) is 8.94. The number of nitrogens with zero attached hydrogens (tertiary/aromatic N) is 4. The first-order valence-corrected chi connectivity index (χ1v) is 5.54. The molecular formula is C11H9ClF2N4O. The van der Waals surface area contributed by atoms with Crippen LogP contribution in [0.5, 0.6) is 11.8 Å². The SMILES string of the molecule is CN(C)c1nc(Cl)nc(Oc2cc(F)cc(F)c2)n1. The minimum atomic E-state index is -0.761. The lowest BCUT2D eigenvalue weighted by Crippen LogP contribution is -2.13. The third-order valence-electron chi connectivity index (χ3n) is 2.02. The van der Waals surface area contributed by atoms with Crippen LogP contribution >= 0.6 is 11.6 Å². The first kappa shape index (κ1) is 13.4. The van der Waals surface area contributed by atoms with Crippen molar-refractivity contribution in [1.82, 2.24) is 15.0 Å². The molecule has 100 valence electrons. The fraction of sp³-hybridized carbons (Fsp3) is 0.182. The van der Waals surface area contributed by atoms with E-state index < -0.39 is 11.6 Å². The molecule has 2 rings (SSSR count). The molecule has 1 aromatic carbocycles. The van der Waals surface area contributed by atoms with Crippen molar-refractivity contribution in [3.63, 3.8) is 0 Å². The molecule has 0 fully saturated rings. The molecule has 0 amide bonds. The molecular weight excluding hydrogens is 278 g/mol. The summed E-state index contributed by atoms with van der Waals surface area (Å²) in [6.45, 7) is 0. The molecule has 0 atom stereocenters. The Bertz CT molecular complexity index is 589. The van der Waals surface area contributed by atoms with Gasteiger partial charge < -0.3 is 9.64 Å². The van der Waals surface area contributed by atoms with Gasteiger partial charge in [-0.05, 0) is 11.6 Å². The molecule has 2 aromatic rings. The lowest BCUT2D eigenvalue weighted by molar-refractivity contribution is 0.430. The molecule has 19 heavy (non-hydrogen) atoms. The van der Waals surface area contributed by atoms with Gasteiger partial charge in [-0.2, -0.15) is 15.0 Å². The van der Waals surface area contributed by atoms with E-state index in [-0.39, 0.29) is 23.0 Å². The Morgan fingerprint density at radius 2 is 1.68 bits per heavy atom. The largest absolute Gasteiger partial charge is 0.424 e. The lowest BCUT2D eigenvalue weighted by Gasteiger charge is -2.11. The van der Waals surface area contributed by atoms with Gasteiger partial charge in [0.15, 0.2) is 0 Å². The Kier molecular flexibility index (Phi) is 3.75. The summed E-state index contributed by atoms with van der Waals surface area (Å²) < 4.78 is 31.2. The van der Waals surface area contributed by atoms with Gasteiger partial charge in [-0.15, -0.1) is 0 Å². The molecule has 0 spiro atoms. The molecule has 0 unspecified atom stereocenters. The van der Waals surface area contributed by atoms with E-state index in [4.69, 9.17) is 16.3 Å². The number of hydrogen-bond donors (Lipinski definition) is 0. The van der Waals surface area contributed by atoms with E-state index in [1.165, 1.54) is 0 Å². The summed E-state index contributed by atoms with van der Waals surface area (Å²) >= 11 is 5.71. The predicted molar refractivity (Wildman–Crippen MR) is 65.6 cm³/mol. The van der Waals surface area contributed by atoms with Crippen LogP contribution in [0.25, 0.3) is 0 Å². The van der Waals surface area contributed by atoms with E-state index >= 15 is 0 Å². The van der Waals surface area contributed by atoms with Crippen LogP contribution in [0.15, 0.2) is 18.2 Å². The summed E-state index contributed by atoms with van der Waals surface area (Å²) in [5.41, 5.74) is 0. The van der Waals surface area contributed by atoms with Gasteiger partial charge in [-0.1, -0.05) is 0 Å². The number of hydrogen-bond acceptors (Lipinski definition) is 5. The molecule has 8 heteroatoms. The van der Waals surface area contributed by atoms with Crippen molar-refractivity contribution in [3.8, 4) is 11.8 Å². The van der Waals surface area contributed by atoms with Gasteiger partial charge in [0.1, 0.15) is 17.4 Å². The predicted octanol–water partition coefficient (Wildman–Crippen LogP) is 2.66. The molecule has 0 radical (unpaired) electrons. The van der Waals surface area contributed by atoms with Crippen LogP contribution in [0, 0.1) is 11.6 Å². The van der Waals surface area contributed by atoms with Crippen molar-refractivity contribution >= 4 is 17.5 Å². The Balaban J connectivity index is 2.32. The van der Waals surface area contributed by atoms with Gasteiger partial charge >= 0.3 is 6.01 Å². The van der Waals surface area contributed by atoms with Gasteiger partial charge in [0.25, 0.3) is 0 Å². The lowest BCUT2D eigenvalue weighted by atomic mass is 10.3. The van der Waals surface area contributed by atoms with E-state index in [2.05, 4.69) is 15.0 Å². The smallest absolute Gasteiger partial charge is 0.328 e. The molecule has 0 saturated heterocycles. The molecule has 0 aliphatic rings. The average molecular weight is 287 g/mol. The number of ether oxygens (including phenoxy) is 1. The average Bonchev–Trinajstić information content (AvgIpc) is 2.26. The fourth-order valence-corrected chi connectivity index (χ4v) is 1.41. The highest BCUT2D eigenvalue weighted by atomic mass is 35.5. The standard InChI is InChI=1S/C11H9ClF2N4O/c1-18(2)10-15-9(12)16-11(17-10)19-8-4-6(13)3-7(14)5-8/h3-5H,1-2H3. The summed E-state index contributed by atoms with van der Waals surface area (Å²) in [4.78, 5) is 13.1. The maximum absolute atomic E-state index is 13.0. The maximum Gasteiger partial charge on any atom is 0.328 e. The van der Waals surface area contributed by atoms with E-state index in [0.29, 0.717) is 0 Å². The first-order valence-electron chi connectivity index (χ1n) is 5.17. The molecule has 1 aromatic heterocycles. The second-order valence-electron chi connectivity index (χ2n) is 3.79. The second kappa shape index (κ2) is 5.31. The summed E-state index contributed by atoms with van der Waals surface area (Å²) in [5.74, 6) is -1.32. The number of aromatic nitrogens is 3. The van der Waals surface area contributed by atoms with Crippen LogP contribution in [-0.2, 0) is 0 Å². The molecule has 0 saturated carbocycles. The fourth-order valence-electron chi connectivity index (χ4n) is 1.26. The summed E-state index contributed by atoms with van der Waals surface area (Å²) in [6, 6.07) is 2.61. The van der Waals surface area contributed by atoms with Gasteiger partial charge in [0.05, 0.1) is 0 Å². The van der Waals surface area contributed by atoms with Crippen LogP contribution in [0.1, 0.15) is 0 Å². The van der Waals surface area contributed by atoms with Crippen molar-refractivity contribution in [1.29, 1.82) is 0 Å². The van der Waals surface area contributed by atoms with E-state index in [0.717, 1.165) is 18.2 Å². The van der Waals surface area contributed by atoms with Gasteiger partial charge in [0.2, 0.25) is 11.2 Å². The topological polar surface area (TPSA) is 51.1 Å². The molecule has 0 bridgehead atoms. The van der Waals surface area contributed by atoms with Crippen molar-refractivity contribution in [3.05, 3.63) is 35.1 Å². The monoisotopic (exact) mass is 286 g/mol. The Morgan fingerprint density at radius 1 is 1.05 bits per heavy atom. The maximum atomic E-state index is 13.0. The number of rotatable bonds is 3. The van der Waals surface area contributed by atoms with Crippen LogP contribution < -0.4 is 9.64 Å². The Morgan fingerprint density at radius 3 is 2.26 bits per heavy atom. The molecule has 5 nitrogen and oxygen atoms in total. The third-order valence-corrected chi connectivity index (χ3v) is 2.19.